The monoisotopic (exact) mass is 1000 g/mol. The molecule has 64 heavy (non-hydrogen) atoms. The Labute approximate surface area is 377 Å². The van der Waals surface area contributed by atoms with Gasteiger partial charge in [0, 0.05) is 99.3 Å². The molecular formula is C43H54F12N6NiP2. The molecule has 1 aliphatic rings. The van der Waals surface area contributed by atoms with Gasteiger partial charge in [0.1, 0.15) is 0 Å². The first kappa shape index (κ1) is 57.7. The van der Waals surface area contributed by atoms with Gasteiger partial charge in [0.15, 0.2) is 0 Å². The smallest absolute Gasteiger partial charge is 2.00 e. The van der Waals surface area contributed by atoms with E-state index in [1.807, 2.05) is 24.7 Å². The van der Waals surface area contributed by atoms with Gasteiger partial charge in [-0.2, -0.15) is 0 Å². The van der Waals surface area contributed by atoms with E-state index in [1.54, 1.807) is 0 Å². The van der Waals surface area contributed by atoms with E-state index in [0.717, 1.165) is 73.6 Å². The van der Waals surface area contributed by atoms with Crippen molar-refractivity contribution in [1.82, 2.24) is 9.80 Å². The Morgan fingerprint density at radius 2 is 1.02 bits per heavy atom. The molecule has 0 aliphatic carbocycles. The number of nitrogens with zero attached hydrogens (tertiary/aromatic N) is 6. The van der Waals surface area contributed by atoms with E-state index in [-0.39, 0.29) is 16.5 Å². The van der Waals surface area contributed by atoms with E-state index in [0.29, 0.717) is 26.2 Å². The SMILES string of the molecule is C=Cc1cccc(CN(Cc2ccccc2)/C(C)=C2/C=NCCCN=C/C(=C(\C)N(CCC)Cc3ccccc3)C(C)=NCCCN=C2)c1.F[P-](F)(F)(F)(F)F.F[P-](F)(F)(F)(F)F.[Ni+2]. The van der Waals surface area contributed by atoms with Crippen LogP contribution in [-0.4, -0.2) is 66.9 Å². The quantitative estimate of drug-likeness (QED) is 0.109. The summed E-state index contributed by atoms with van der Waals surface area (Å²) < 4.78 is 118. The van der Waals surface area contributed by atoms with Gasteiger partial charge in [-0.1, -0.05) is 98.4 Å². The molecule has 3 aromatic rings. The van der Waals surface area contributed by atoms with Gasteiger partial charge >= 0.3 is 82.5 Å². The molecular weight excluding hydrogens is 949 g/mol. The predicted molar refractivity (Wildman–Crippen MR) is 239 cm³/mol. The summed E-state index contributed by atoms with van der Waals surface area (Å²) in [5, 5.41) is 0. The van der Waals surface area contributed by atoms with E-state index in [4.69, 9.17) is 20.0 Å². The summed E-state index contributed by atoms with van der Waals surface area (Å²) in [7, 11) is -21.3. The fraction of sp³-hybridized carbons (Fsp3) is 0.349. The number of benzene rings is 3. The third kappa shape index (κ3) is 30.7. The Balaban J connectivity index is 0.00000118. The summed E-state index contributed by atoms with van der Waals surface area (Å²) in [6.45, 7) is 18.9. The molecule has 0 atom stereocenters. The van der Waals surface area contributed by atoms with Crippen LogP contribution in [0.1, 0.15) is 69.2 Å². The molecule has 1 aliphatic heterocycles. The number of halogens is 12. The van der Waals surface area contributed by atoms with E-state index < -0.39 is 15.6 Å². The minimum atomic E-state index is -10.7. The van der Waals surface area contributed by atoms with Gasteiger partial charge in [-0.3, -0.25) is 20.0 Å². The average Bonchev–Trinajstić information content (AvgIpc) is 3.16. The Morgan fingerprint density at radius 3 is 1.48 bits per heavy atom. The minimum Gasteiger partial charge on any atom is 2.00 e. The van der Waals surface area contributed by atoms with Crippen LogP contribution in [0.3, 0.4) is 0 Å². The van der Waals surface area contributed by atoms with Crippen LogP contribution >= 0.6 is 15.6 Å². The van der Waals surface area contributed by atoms with Crippen LogP contribution in [0.5, 0.6) is 0 Å². The average molecular weight is 1000 g/mol. The van der Waals surface area contributed by atoms with Gasteiger partial charge < -0.3 is 9.80 Å². The predicted octanol–water partition coefficient (Wildman–Crippen LogP) is 16.0. The van der Waals surface area contributed by atoms with Gasteiger partial charge in [-0.15, -0.1) is 0 Å². The second kappa shape index (κ2) is 23.2. The summed E-state index contributed by atoms with van der Waals surface area (Å²) in [6.07, 6.45) is 10.7. The number of rotatable bonds is 11. The molecule has 0 aromatic heterocycles. The molecule has 1 heterocycles. The van der Waals surface area contributed by atoms with Crippen molar-refractivity contribution in [2.45, 2.75) is 66.6 Å². The Kier molecular flexibility index (Phi) is 20.9. The van der Waals surface area contributed by atoms with E-state index >= 15 is 0 Å². The van der Waals surface area contributed by atoms with E-state index in [1.165, 1.54) is 22.4 Å². The van der Waals surface area contributed by atoms with Gasteiger partial charge in [0.25, 0.3) is 0 Å². The number of hydrogen-bond donors (Lipinski definition) is 0. The number of allylic oxidation sites excluding steroid dienone is 4. The van der Waals surface area contributed by atoms with Crippen molar-refractivity contribution < 1.29 is 66.9 Å². The zero-order chi connectivity index (χ0) is 47.5. The standard InChI is InChI=1S/C43H54N6.2F6P.Ni/c1-6-27-48(32-39-17-10-8-11-18-39)37(5)43-31-46-24-15-23-44-29-42(30-45-25-16-26-47-35(43)3)36(4)49(33-40-19-12-9-13-20-40)34-41-22-14-21-38(7-2)28-41;2*1-7(2,3,4,5)6;/h7-14,17-22,28-31H,2,6,15-16,23-27,32-34H2,1,3-5H3;;;/q;2*-1;+2/b42-36-,43-37-,44-29?,45-30?,46-31?,47-35?;;;. The topological polar surface area (TPSA) is 55.9 Å². The zero-order valence-corrected chi connectivity index (χ0v) is 38.6. The molecule has 0 bridgehead atoms. The van der Waals surface area contributed by atoms with Gasteiger partial charge in [-0.05, 0) is 68.4 Å². The Bertz CT molecular complexity index is 2080. The second-order valence-corrected chi connectivity index (χ2v) is 18.3. The summed E-state index contributed by atoms with van der Waals surface area (Å²) in [6, 6.07) is 29.9. The van der Waals surface area contributed by atoms with Crippen LogP contribution in [-0.2, 0) is 36.1 Å². The summed E-state index contributed by atoms with van der Waals surface area (Å²) in [5.74, 6) is 0. The fourth-order valence-corrected chi connectivity index (χ4v) is 5.83. The first-order valence-corrected chi connectivity index (χ1v) is 23.8. The molecule has 4 rings (SSSR count). The molecule has 0 unspecified atom stereocenters. The van der Waals surface area contributed by atoms with Gasteiger partial charge in [-0.25, -0.2) is 0 Å². The first-order valence-electron chi connectivity index (χ1n) is 19.7. The van der Waals surface area contributed by atoms with Crippen molar-refractivity contribution >= 4 is 46.0 Å². The molecule has 0 fully saturated rings. The summed E-state index contributed by atoms with van der Waals surface area (Å²) >= 11 is 0. The zero-order valence-electron chi connectivity index (χ0n) is 35.8. The molecule has 21 heteroatoms. The third-order valence-electron chi connectivity index (χ3n) is 8.68. The molecule has 0 saturated heterocycles. The second-order valence-electron chi connectivity index (χ2n) is 14.4. The van der Waals surface area contributed by atoms with Crippen LogP contribution < -0.4 is 0 Å². The summed E-state index contributed by atoms with van der Waals surface area (Å²) in [5.41, 5.74) is 10.5. The molecule has 0 radical (unpaired) electrons. The number of hydrogen-bond acceptors (Lipinski definition) is 6. The van der Waals surface area contributed by atoms with Crippen LogP contribution in [0.4, 0.5) is 50.4 Å². The first-order chi connectivity index (χ1) is 28.9. The van der Waals surface area contributed by atoms with Crippen molar-refractivity contribution in [3.05, 3.63) is 136 Å². The molecule has 0 amide bonds. The van der Waals surface area contributed by atoms with Crippen LogP contribution in [0.15, 0.2) is 134 Å². The van der Waals surface area contributed by atoms with Crippen LogP contribution in [0.2, 0.25) is 0 Å². The van der Waals surface area contributed by atoms with Gasteiger partial charge in [0.05, 0.1) is 0 Å². The maximum atomic E-state index is 9.87. The molecule has 0 saturated carbocycles. The van der Waals surface area contributed by atoms with Crippen molar-refractivity contribution in [3.8, 4) is 0 Å². The third-order valence-corrected chi connectivity index (χ3v) is 8.68. The van der Waals surface area contributed by atoms with Crippen molar-refractivity contribution in [2.24, 2.45) is 20.0 Å². The molecule has 0 N–H and O–H groups in total. The molecule has 360 valence electrons. The van der Waals surface area contributed by atoms with Crippen molar-refractivity contribution in [1.29, 1.82) is 0 Å². The number of aliphatic imine (C=N–C) groups is 4. The van der Waals surface area contributed by atoms with Crippen LogP contribution in [0, 0.1) is 0 Å². The summed E-state index contributed by atoms with van der Waals surface area (Å²) in [4.78, 5) is 24.5. The molecule has 0 spiro atoms. The maximum Gasteiger partial charge on any atom is 2.00 e. The van der Waals surface area contributed by atoms with Crippen molar-refractivity contribution in [2.75, 3.05) is 32.7 Å². The van der Waals surface area contributed by atoms with Crippen molar-refractivity contribution in [3.63, 3.8) is 0 Å². The minimum absolute atomic E-state index is 0. The Hall–Kier alpha value is -4.33. The van der Waals surface area contributed by atoms with Crippen LogP contribution in [0.25, 0.3) is 6.08 Å². The molecule has 3 aromatic carbocycles. The van der Waals surface area contributed by atoms with E-state index in [9.17, 15) is 50.4 Å². The molecule has 6 nitrogen and oxygen atoms in total. The Morgan fingerprint density at radius 1 is 0.594 bits per heavy atom. The maximum absolute atomic E-state index is 10.7. The normalized spacial score (nSPS) is 17.7. The fourth-order valence-electron chi connectivity index (χ4n) is 5.83. The van der Waals surface area contributed by atoms with E-state index in [2.05, 4.69) is 129 Å². The van der Waals surface area contributed by atoms with Gasteiger partial charge in [0.2, 0.25) is 0 Å². The largest absolute Gasteiger partial charge is 2.00 e.